The van der Waals surface area contributed by atoms with Gasteiger partial charge in [0.05, 0.1) is 29.0 Å². The minimum atomic E-state index is -1.67. The molecule has 0 saturated heterocycles. The molecule has 0 spiro atoms. The summed E-state index contributed by atoms with van der Waals surface area (Å²) in [6.45, 7) is 1.73. The van der Waals surface area contributed by atoms with Crippen molar-refractivity contribution in [3.8, 4) is 0 Å². The summed E-state index contributed by atoms with van der Waals surface area (Å²) in [6, 6.07) is 23.7. The molecule has 192 valence electrons. The third-order valence-corrected chi connectivity index (χ3v) is 7.13. The van der Waals surface area contributed by atoms with Gasteiger partial charge in [0.1, 0.15) is 5.41 Å². The maximum absolute atomic E-state index is 13.9. The van der Waals surface area contributed by atoms with Crippen molar-refractivity contribution in [2.75, 3.05) is 0 Å². The molecule has 0 saturated carbocycles. The van der Waals surface area contributed by atoms with Gasteiger partial charge in [-0.25, -0.2) is 4.98 Å². The number of H-pyrrole nitrogens is 1. The number of oxime groups is 1. The Balaban J connectivity index is 1.50. The number of ketones is 1. The molecule has 38 heavy (non-hydrogen) atoms. The quantitative estimate of drug-likeness (QED) is 0.297. The van der Waals surface area contributed by atoms with Crippen LogP contribution in [0.2, 0.25) is 0 Å². The molecule has 1 aliphatic rings. The number of hydrogen-bond acceptors (Lipinski definition) is 6. The van der Waals surface area contributed by atoms with Crippen LogP contribution in [0, 0.1) is 11.3 Å². The molecule has 0 radical (unpaired) electrons. The highest BCUT2D eigenvalue weighted by Crippen LogP contribution is 2.50. The summed E-state index contributed by atoms with van der Waals surface area (Å²) in [5, 5.41) is 6.83. The maximum Gasteiger partial charge on any atom is 0.287 e. The lowest BCUT2D eigenvalue weighted by molar-refractivity contribution is -0.148. The number of primary amides is 1. The Hall–Kier alpha value is -4.79. The lowest BCUT2D eigenvalue weighted by Gasteiger charge is -2.36. The molecule has 0 fully saturated rings. The van der Waals surface area contributed by atoms with Gasteiger partial charge < -0.3 is 20.9 Å². The summed E-state index contributed by atoms with van der Waals surface area (Å²) in [7, 11) is 0. The summed E-state index contributed by atoms with van der Waals surface area (Å²) >= 11 is 0. The highest BCUT2D eigenvalue weighted by Gasteiger charge is 2.61. The van der Waals surface area contributed by atoms with Crippen LogP contribution in [-0.4, -0.2) is 33.3 Å². The molecule has 0 aliphatic carbocycles. The van der Waals surface area contributed by atoms with Crippen molar-refractivity contribution in [3.05, 3.63) is 102 Å². The number of fused-ring (bicyclic) bond motifs is 1. The lowest BCUT2D eigenvalue weighted by Crippen LogP contribution is -2.56. The van der Waals surface area contributed by atoms with E-state index in [1.165, 1.54) is 0 Å². The first kappa shape index (κ1) is 24.9. The van der Waals surface area contributed by atoms with Gasteiger partial charge in [0, 0.05) is 6.54 Å². The molecule has 1 aliphatic heterocycles. The monoisotopic (exact) mass is 509 g/mol. The Bertz CT molecular complexity index is 1520. The van der Waals surface area contributed by atoms with E-state index in [-0.39, 0.29) is 18.7 Å². The Kier molecular flexibility index (Phi) is 6.74. The summed E-state index contributed by atoms with van der Waals surface area (Å²) in [5.41, 5.74) is 8.45. The highest BCUT2D eigenvalue weighted by molar-refractivity contribution is 6.38. The fourth-order valence-corrected chi connectivity index (χ4v) is 5.18. The topological polar surface area (TPSA) is 140 Å². The molecule has 4 N–H and O–H groups in total. The zero-order chi connectivity index (χ0) is 26.7. The van der Waals surface area contributed by atoms with E-state index in [1.807, 2.05) is 54.6 Å². The fraction of sp³-hybridized carbons (Fsp3) is 0.207. The molecule has 3 atom stereocenters. The number of amides is 2. The molecular weight excluding hydrogens is 482 g/mol. The molecule has 3 unspecified atom stereocenters. The number of nitrogens with zero attached hydrogens (tertiary/aromatic N) is 2. The van der Waals surface area contributed by atoms with Crippen molar-refractivity contribution < 1.29 is 19.2 Å². The zero-order valence-corrected chi connectivity index (χ0v) is 20.8. The molecule has 5 rings (SSSR count). The first-order chi connectivity index (χ1) is 18.4. The predicted molar refractivity (Wildman–Crippen MR) is 142 cm³/mol. The minimum absolute atomic E-state index is 0.0929. The van der Waals surface area contributed by atoms with Crippen LogP contribution >= 0.6 is 0 Å². The Morgan fingerprint density at radius 2 is 1.74 bits per heavy atom. The summed E-state index contributed by atoms with van der Waals surface area (Å²) in [6.07, 6.45) is 0.717. The van der Waals surface area contributed by atoms with Crippen molar-refractivity contribution >= 4 is 34.3 Å². The average Bonchev–Trinajstić information content (AvgIpc) is 3.55. The van der Waals surface area contributed by atoms with Crippen LogP contribution in [0.5, 0.6) is 0 Å². The first-order valence-corrected chi connectivity index (χ1v) is 12.2. The van der Waals surface area contributed by atoms with Crippen molar-refractivity contribution in [2.45, 2.75) is 26.0 Å². The van der Waals surface area contributed by atoms with E-state index in [4.69, 9.17) is 10.6 Å². The highest BCUT2D eigenvalue weighted by atomic mass is 16.6. The predicted octanol–water partition coefficient (Wildman–Crippen LogP) is 3.23. The van der Waals surface area contributed by atoms with E-state index < -0.39 is 35.0 Å². The van der Waals surface area contributed by atoms with E-state index in [2.05, 4.69) is 20.4 Å². The Morgan fingerprint density at radius 3 is 2.45 bits per heavy atom. The number of nitrogens with one attached hydrogen (secondary N) is 2. The van der Waals surface area contributed by atoms with Gasteiger partial charge >= 0.3 is 0 Å². The molecule has 9 nitrogen and oxygen atoms in total. The number of nitrogens with two attached hydrogens (primary N) is 1. The van der Waals surface area contributed by atoms with Gasteiger partial charge in [0.25, 0.3) is 5.91 Å². The molecule has 9 heteroatoms. The van der Waals surface area contributed by atoms with Crippen LogP contribution in [-0.2, 0) is 32.2 Å². The van der Waals surface area contributed by atoms with E-state index in [0.29, 0.717) is 5.56 Å². The average molecular weight is 510 g/mol. The number of Topliss-reactive ketones (excluding diaryl/α,β-unsaturated/α-hetero) is 1. The maximum atomic E-state index is 13.9. The van der Waals surface area contributed by atoms with Crippen molar-refractivity contribution in [3.63, 3.8) is 0 Å². The normalized spacial score (nSPS) is 19.4. The van der Waals surface area contributed by atoms with Crippen LogP contribution in [0.4, 0.5) is 0 Å². The van der Waals surface area contributed by atoms with Crippen molar-refractivity contribution in [1.29, 1.82) is 0 Å². The van der Waals surface area contributed by atoms with Gasteiger partial charge in [-0.3, -0.25) is 14.4 Å². The van der Waals surface area contributed by atoms with E-state index >= 15 is 0 Å². The molecule has 0 bridgehead atoms. The summed E-state index contributed by atoms with van der Waals surface area (Å²) in [4.78, 5) is 53.5. The Labute approximate surface area is 219 Å². The molecule has 2 amide bonds. The number of rotatable bonds is 9. The van der Waals surface area contributed by atoms with E-state index in [1.54, 1.807) is 37.5 Å². The molecule has 3 aromatic carbocycles. The fourth-order valence-electron chi connectivity index (χ4n) is 5.18. The smallest absolute Gasteiger partial charge is 0.287 e. The number of aromatic amines is 1. The lowest BCUT2D eigenvalue weighted by atomic mass is 9.62. The molecule has 2 heterocycles. The summed E-state index contributed by atoms with van der Waals surface area (Å²) in [5.74, 6) is -3.52. The van der Waals surface area contributed by atoms with Gasteiger partial charge in [-0.2, -0.15) is 0 Å². The van der Waals surface area contributed by atoms with Crippen LogP contribution < -0.4 is 11.1 Å². The standard InChI is InChI=1S/C29H27N5O4/c1-18-29(28(30)37,26(38-34-18)21-10-6-3-7-11-21)22(14-19-8-4-2-5-9-19)25(35)27(36)31-16-20-12-13-23-24(15-20)33-17-32-23/h2-13,15,17,22,26H,14,16H2,1H3,(H2,30,37)(H,31,36)(H,32,33). The third kappa shape index (κ3) is 4.43. The van der Waals surface area contributed by atoms with Crippen LogP contribution in [0.3, 0.4) is 0 Å². The van der Waals surface area contributed by atoms with Gasteiger partial charge in [-0.05, 0) is 42.2 Å². The van der Waals surface area contributed by atoms with Crippen molar-refractivity contribution in [1.82, 2.24) is 15.3 Å². The molecule has 4 aromatic rings. The van der Waals surface area contributed by atoms with Gasteiger partial charge in [-0.15, -0.1) is 0 Å². The van der Waals surface area contributed by atoms with Crippen LogP contribution in [0.1, 0.15) is 29.7 Å². The SMILES string of the molecule is CC1=NOC(c2ccccc2)C1(C(N)=O)C(Cc1ccccc1)C(=O)C(=O)NCc1ccc2nc[nH]c2c1. The first-order valence-electron chi connectivity index (χ1n) is 12.2. The number of imidazole rings is 1. The number of hydrogen-bond donors (Lipinski definition) is 3. The van der Waals surface area contributed by atoms with Gasteiger partial charge in [-0.1, -0.05) is 71.9 Å². The van der Waals surface area contributed by atoms with E-state index in [0.717, 1.165) is 22.2 Å². The second-order valence-corrected chi connectivity index (χ2v) is 9.35. The van der Waals surface area contributed by atoms with Crippen LogP contribution in [0.25, 0.3) is 11.0 Å². The number of carbonyl (C=O) groups excluding carboxylic acids is 3. The molecular formula is C29H27N5O4. The van der Waals surface area contributed by atoms with E-state index in [9.17, 15) is 14.4 Å². The number of benzene rings is 3. The zero-order valence-electron chi connectivity index (χ0n) is 20.8. The second-order valence-electron chi connectivity index (χ2n) is 9.35. The largest absolute Gasteiger partial charge is 0.386 e. The number of aromatic nitrogens is 2. The van der Waals surface area contributed by atoms with Gasteiger partial charge in [0.15, 0.2) is 6.10 Å². The van der Waals surface area contributed by atoms with Gasteiger partial charge in [0.2, 0.25) is 11.7 Å². The number of carbonyl (C=O) groups is 3. The summed E-state index contributed by atoms with van der Waals surface area (Å²) < 4.78 is 0. The third-order valence-electron chi connectivity index (χ3n) is 7.13. The van der Waals surface area contributed by atoms with Crippen molar-refractivity contribution in [2.24, 2.45) is 22.2 Å². The minimum Gasteiger partial charge on any atom is -0.386 e. The molecule has 1 aromatic heterocycles. The van der Waals surface area contributed by atoms with Crippen LogP contribution in [0.15, 0.2) is 90.3 Å². The second kappa shape index (κ2) is 10.3. The Morgan fingerprint density at radius 1 is 1.03 bits per heavy atom.